The lowest BCUT2D eigenvalue weighted by atomic mass is 9.71. The second-order valence-corrected chi connectivity index (χ2v) is 8.93. The zero-order chi connectivity index (χ0) is 19.3. The summed E-state index contributed by atoms with van der Waals surface area (Å²) in [6.07, 6.45) is 2.58. The Kier molecular flexibility index (Phi) is 4.11. The van der Waals surface area contributed by atoms with Crippen LogP contribution in [0.2, 0.25) is 0 Å². The Balaban J connectivity index is 1.29. The second-order valence-electron chi connectivity index (χ2n) is 8.93. The molecular weight excluding hydrogens is 354 g/mol. The van der Waals surface area contributed by atoms with Crippen LogP contribution in [0.25, 0.3) is 0 Å². The Bertz CT molecular complexity index is 980. The van der Waals surface area contributed by atoms with E-state index in [0.717, 1.165) is 32.7 Å². The van der Waals surface area contributed by atoms with E-state index in [-0.39, 0.29) is 11.5 Å². The summed E-state index contributed by atoms with van der Waals surface area (Å²) < 4.78 is 6.34. The van der Waals surface area contributed by atoms with Crippen LogP contribution in [0.4, 0.5) is 0 Å². The highest BCUT2D eigenvalue weighted by atomic mass is 16.5. The van der Waals surface area contributed by atoms with Crippen molar-refractivity contribution in [1.82, 2.24) is 4.90 Å². The Labute approximate surface area is 173 Å². The minimum Gasteiger partial charge on any atom is -0.376 e. The molecule has 1 unspecified atom stereocenters. The maximum atomic E-state index is 6.34. The predicted octanol–water partition coefficient (Wildman–Crippen LogP) is 5.11. The number of ether oxygens (including phenoxy) is 1. The Hall–Kier alpha value is -2.42. The number of nitrogens with zero attached hydrogens (tertiary/aromatic N) is 1. The van der Waals surface area contributed by atoms with Gasteiger partial charge in [-0.3, -0.25) is 4.90 Å². The molecule has 29 heavy (non-hydrogen) atoms. The van der Waals surface area contributed by atoms with Gasteiger partial charge < -0.3 is 4.74 Å². The predicted molar refractivity (Wildman–Crippen MR) is 116 cm³/mol. The van der Waals surface area contributed by atoms with E-state index in [1.807, 2.05) is 0 Å². The summed E-state index contributed by atoms with van der Waals surface area (Å²) in [7, 11) is 0. The summed E-state index contributed by atoms with van der Waals surface area (Å²) in [5, 5.41) is 0. The topological polar surface area (TPSA) is 12.5 Å². The molecule has 3 aliphatic rings. The smallest absolute Gasteiger partial charge is 0.0714 e. The van der Waals surface area contributed by atoms with Gasteiger partial charge >= 0.3 is 0 Å². The van der Waals surface area contributed by atoms with E-state index >= 15 is 0 Å². The first-order valence-corrected chi connectivity index (χ1v) is 10.9. The van der Waals surface area contributed by atoms with Crippen molar-refractivity contribution in [2.45, 2.75) is 36.8 Å². The minimum absolute atomic E-state index is 0.123. The van der Waals surface area contributed by atoms with Gasteiger partial charge in [0.15, 0.2) is 0 Å². The van der Waals surface area contributed by atoms with E-state index in [9.17, 15) is 0 Å². The number of hydrogen-bond acceptors (Lipinski definition) is 2. The van der Waals surface area contributed by atoms with Crippen LogP contribution in [0.5, 0.6) is 0 Å². The van der Waals surface area contributed by atoms with Gasteiger partial charge in [0, 0.05) is 31.0 Å². The summed E-state index contributed by atoms with van der Waals surface area (Å²) in [5.41, 5.74) is 7.70. The van der Waals surface area contributed by atoms with Gasteiger partial charge in [-0.05, 0) is 40.7 Å². The van der Waals surface area contributed by atoms with Gasteiger partial charge in [-0.2, -0.15) is 0 Å². The third kappa shape index (κ3) is 2.78. The second kappa shape index (κ2) is 6.83. The number of rotatable bonds is 4. The molecule has 0 N–H and O–H groups in total. The van der Waals surface area contributed by atoms with Crippen molar-refractivity contribution >= 4 is 0 Å². The number of fused-ring (bicyclic) bond motifs is 8. The minimum atomic E-state index is 0.123. The first-order chi connectivity index (χ1) is 14.3. The summed E-state index contributed by atoms with van der Waals surface area (Å²) in [4.78, 5) is 2.57. The van der Waals surface area contributed by atoms with E-state index in [1.54, 1.807) is 22.3 Å². The first kappa shape index (κ1) is 17.4. The molecule has 2 heteroatoms. The molecule has 3 aromatic carbocycles. The fourth-order valence-electron chi connectivity index (χ4n) is 6.16. The molecule has 2 nitrogen and oxygen atoms in total. The van der Waals surface area contributed by atoms with Crippen molar-refractivity contribution in [2.24, 2.45) is 0 Å². The van der Waals surface area contributed by atoms with Gasteiger partial charge in [0.25, 0.3) is 0 Å². The van der Waals surface area contributed by atoms with Crippen molar-refractivity contribution in [3.63, 3.8) is 0 Å². The number of morpholine rings is 1. The molecule has 0 radical (unpaired) electrons. The van der Waals surface area contributed by atoms with E-state index in [4.69, 9.17) is 4.74 Å². The van der Waals surface area contributed by atoms with Gasteiger partial charge in [0.1, 0.15) is 0 Å². The van der Waals surface area contributed by atoms with Gasteiger partial charge in [-0.15, -0.1) is 0 Å². The highest BCUT2D eigenvalue weighted by molar-refractivity contribution is 5.62. The van der Waals surface area contributed by atoms with E-state index < -0.39 is 0 Å². The molecule has 1 aliphatic heterocycles. The lowest BCUT2D eigenvalue weighted by molar-refractivity contribution is -0.0421. The molecule has 2 bridgehead atoms. The van der Waals surface area contributed by atoms with E-state index in [0.29, 0.717) is 5.92 Å². The van der Waals surface area contributed by atoms with Gasteiger partial charge in [-0.1, -0.05) is 78.9 Å². The van der Waals surface area contributed by atoms with Crippen LogP contribution in [0.1, 0.15) is 46.6 Å². The maximum absolute atomic E-state index is 6.34. The Morgan fingerprint density at radius 3 is 2.21 bits per heavy atom. The SMILES string of the molecule is c1ccc(CN2CCOC(CC34CC(c5ccccc53)c3ccccc34)C2)cc1. The first-order valence-electron chi connectivity index (χ1n) is 10.9. The van der Waals surface area contributed by atoms with Crippen LogP contribution in [-0.2, 0) is 16.7 Å². The summed E-state index contributed by atoms with van der Waals surface area (Å²) in [5.74, 6) is 0.561. The fraction of sp³-hybridized carbons (Fsp3) is 0.333. The molecule has 0 amide bonds. The fourth-order valence-corrected chi connectivity index (χ4v) is 6.16. The van der Waals surface area contributed by atoms with Crippen molar-refractivity contribution < 1.29 is 4.74 Å². The third-order valence-electron chi connectivity index (χ3n) is 7.30. The molecule has 6 rings (SSSR count). The zero-order valence-corrected chi connectivity index (χ0v) is 16.8. The van der Waals surface area contributed by atoms with Crippen LogP contribution in [0, 0.1) is 0 Å². The van der Waals surface area contributed by atoms with Gasteiger partial charge in [0.05, 0.1) is 12.7 Å². The normalized spacial score (nSPS) is 27.6. The molecule has 1 heterocycles. The largest absolute Gasteiger partial charge is 0.376 e. The van der Waals surface area contributed by atoms with Crippen LogP contribution >= 0.6 is 0 Å². The molecular formula is C27H27NO. The summed E-state index contributed by atoms with van der Waals surface area (Å²) in [6, 6.07) is 29.1. The quantitative estimate of drug-likeness (QED) is 0.622. The highest BCUT2D eigenvalue weighted by Gasteiger charge is 2.53. The van der Waals surface area contributed by atoms with Crippen molar-refractivity contribution in [3.05, 3.63) is 107 Å². The van der Waals surface area contributed by atoms with Crippen LogP contribution in [0.15, 0.2) is 78.9 Å². The average Bonchev–Trinajstić information content (AvgIpc) is 3.27. The van der Waals surface area contributed by atoms with Gasteiger partial charge in [0.2, 0.25) is 0 Å². The molecule has 2 aliphatic carbocycles. The summed E-state index contributed by atoms with van der Waals surface area (Å²) >= 11 is 0. The lowest BCUT2D eigenvalue weighted by Crippen LogP contribution is -2.44. The molecule has 1 atom stereocenters. The lowest BCUT2D eigenvalue weighted by Gasteiger charge is -2.39. The zero-order valence-electron chi connectivity index (χ0n) is 16.8. The van der Waals surface area contributed by atoms with E-state index in [1.165, 1.54) is 12.0 Å². The molecule has 0 aromatic heterocycles. The van der Waals surface area contributed by atoms with Crippen LogP contribution in [-0.4, -0.2) is 30.7 Å². The number of hydrogen-bond donors (Lipinski definition) is 0. The van der Waals surface area contributed by atoms with Crippen molar-refractivity contribution in [3.8, 4) is 0 Å². The van der Waals surface area contributed by atoms with E-state index in [2.05, 4.69) is 83.8 Å². The maximum Gasteiger partial charge on any atom is 0.0714 e. The Morgan fingerprint density at radius 2 is 1.48 bits per heavy atom. The monoisotopic (exact) mass is 381 g/mol. The highest BCUT2D eigenvalue weighted by Crippen LogP contribution is 2.62. The molecule has 0 spiro atoms. The van der Waals surface area contributed by atoms with Gasteiger partial charge in [-0.25, -0.2) is 0 Å². The molecule has 146 valence electrons. The van der Waals surface area contributed by atoms with Crippen molar-refractivity contribution in [1.29, 1.82) is 0 Å². The van der Waals surface area contributed by atoms with Crippen LogP contribution < -0.4 is 0 Å². The summed E-state index contributed by atoms with van der Waals surface area (Å²) in [6.45, 7) is 3.89. The Morgan fingerprint density at radius 1 is 0.828 bits per heavy atom. The molecule has 0 saturated carbocycles. The third-order valence-corrected chi connectivity index (χ3v) is 7.30. The molecule has 1 fully saturated rings. The molecule has 3 aromatic rings. The van der Waals surface area contributed by atoms with Crippen LogP contribution in [0.3, 0.4) is 0 Å². The number of benzene rings is 3. The van der Waals surface area contributed by atoms with Crippen molar-refractivity contribution in [2.75, 3.05) is 19.7 Å². The molecule has 1 saturated heterocycles. The average molecular weight is 382 g/mol. The standard InChI is InChI=1S/C27H27NO/c1-2-8-20(9-3-1)18-28-14-15-29-21(19-28)16-27-17-24(22-10-4-6-12-25(22)27)23-11-5-7-13-26(23)27/h1-13,21,24H,14-19H2.